The normalized spacial score (nSPS) is 23.4. The minimum atomic E-state index is -4.42. The van der Waals surface area contributed by atoms with E-state index in [0.717, 1.165) is 67.6 Å². The Morgan fingerprint density at radius 1 is 0.970 bits per heavy atom. The number of aromatic amines is 1. The van der Waals surface area contributed by atoms with Gasteiger partial charge in [0.1, 0.15) is 5.82 Å². The number of halogens is 3. The molecular weight excluding hydrogens is 429 g/mol. The van der Waals surface area contributed by atoms with Gasteiger partial charge in [-0.1, -0.05) is 6.07 Å². The maximum Gasteiger partial charge on any atom is 0.418 e. The van der Waals surface area contributed by atoms with Crippen LogP contribution < -0.4 is 4.90 Å². The van der Waals surface area contributed by atoms with E-state index in [1.54, 1.807) is 0 Å². The molecule has 2 saturated heterocycles. The van der Waals surface area contributed by atoms with Crippen LogP contribution in [0.25, 0.3) is 11.0 Å². The second-order valence-corrected chi connectivity index (χ2v) is 9.15. The zero-order valence-corrected chi connectivity index (χ0v) is 18.9. The van der Waals surface area contributed by atoms with Gasteiger partial charge in [0.2, 0.25) is 0 Å². The summed E-state index contributed by atoms with van der Waals surface area (Å²) in [5, 5.41) is 0. The van der Waals surface area contributed by atoms with Gasteiger partial charge in [-0.05, 0) is 57.6 Å². The summed E-state index contributed by atoms with van der Waals surface area (Å²) in [6.07, 6.45) is -0.680. The molecule has 0 bridgehead atoms. The van der Waals surface area contributed by atoms with Gasteiger partial charge in [0.25, 0.3) is 0 Å². The van der Waals surface area contributed by atoms with Crippen molar-refractivity contribution in [1.29, 1.82) is 0 Å². The lowest BCUT2D eigenvalue weighted by molar-refractivity contribution is -0.139. The number of pyridine rings is 1. The van der Waals surface area contributed by atoms with E-state index in [2.05, 4.69) is 32.9 Å². The number of piperidine rings is 1. The van der Waals surface area contributed by atoms with Crippen molar-refractivity contribution in [2.24, 2.45) is 0 Å². The van der Waals surface area contributed by atoms with Crippen molar-refractivity contribution >= 4 is 16.7 Å². The van der Waals surface area contributed by atoms with Crippen LogP contribution in [0.5, 0.6) is 0 Å². The molecule has 0 aliphatic carbocycles. The second kappa shape index (κ2) is 8.61. The average Bonchev–Trinajstić information content (AvgIpc) is 3.23. The molecule has 33 heavy (non-hydrogen) atoms. The smallest absolute Gasteiger partial charge is 0.367 e. The molecule has 1 N–H and O–H groups in total. The van der Waals surface area contributed by atoms with Crippen molar-refractivity contribution in [1.82, 2.24) is 24.8 Å². The highest BCUT2D eigenvalue weighted by Crippen LogP contribution is 2.43. The number of nitrogens with zero attached hydrogens (tertiary/aromatic N) is 5. The minimum Gasteiger partial charge on any atom is -0.367 e. The Bertz CT molecular complexity index is 1120. The Kier molecular flexibility index (Phi) is 5.78. The number of hydrogen-bond donors (Lipinski definition) is 1. The highest BCUT2D eigenvalue weighted by Gasteiger charge is 2.40. The third-order valence-corrected chi connectivity index (χ3v) is 7.07. The number of likely N-dealkylation sites (tertiary alicyclic amines) is 1. The summed E-state index contributed by atoms with van der Waals surface area (Å²) in [5.74, 6) is 0.809. The van der Waals surface area contributed by atoms with E-state index < -0.39 is 17.8 Å². The zero-order chi connectivity index (χ0) is 23.2. The number of likely N-dealkylation sites (N-methyl/N-ethyl adjacent to an activating group) is 1. The standard InChI is InChI=1S/C24H29F3N6/c1-31-12-14-33(15-13-31)19-9-3-7-17-22(19)30-23(29-17)20-10-4-8-18(32(20)2)21-16(24(25,26)27)6-5-11-28-21/h3,5-7,9,11,18,20H,4,8,10,12-15H2,1-2H3,(H,29,30)/t18-,20+/m0/s1. The number of benzene rings is 1. The fraction of sp³-hybridized carbons (Fsp3) is 0.500. The quantitative estimate of drug-likeness (QED) is 0.621. The highest BCUT2D eigenvalue weighted by molar-refractivity contribution is 5.89. The van der Waals surface area contributed by atoms with E-state index in [0.29, 0.717) is 6.42 Å². The number of fused-ring (bicyclic) bond motifs is 1. The number of alkyl halides is 3. The Morgan fingerprint density at radius 2 is 1.73 bits per heavy atom. The van der Waals surface area contributed by atoms with Gasteiger partial charge in [-0.15, -0.1) is 0 Å². The van der Waals surface area contributed by atoms with E-state index in [1.807, 2.05) is 24.1 Å². The van der Waals surface area contributed by atoms with Gasteiger partial charge in [0.15, 0.2) is 0 Å². The highest BCUT2D eigenvalue weighted by atomic mass is 19.4. The van der Waals surface area contributed by atoms with Gasteiger partial charge in [0, 0.05) is 32.4 Å². The monoisotopic (exact) mass is 458 g/mol. The van der Waals surface area contributed by atoms with Crippen molar-refractivity contribution in [2.75, 3.05) is 45.2 Å². The van der Waals surface area contributed by atoms with Crippen LogP contribution in [-0.4, -0.2) is 65.0 Å². The van der Waals surface area contributed by atoms with Crippen molar-refractivity contribution in [2.45, 2.75) is 37.5 Å². The molecule has 6 nitrogen and oxygen atoms in total. The maximum atomic E-state index is 13.7. The summed E-state index contributed by atoms with van der Waals surface area (Å²) in [5.41, 5.74) is 2.49. The Balaban J connectivity index is 1.46. The first-order valence-electron chi connectivity index (χ1n) is 11.5. The molecule has 2 atom stereocenters. The number of H-pyrrole nitrogens is 1. The molecule has 2 fully saturated rings. The number of nitrogens with one attached hydrogen (secondary N) is 1. The van der Waals surface area contributed by atoms with E-state index in [1.165, 1.54) is 12.3 Å². The van der Waals surface area contributed by atoms with Crippen molar-refractivity contribution < 1.29 is 13.2 Å². The fourth-order valence-electron chi connectivity index (χ4n) is 5.22. The summed E-state index contributed by atoms with van der Waals surface area (Å²) in [6, 6.07) is 8.11. The predicted octanol–water partition coefficient (Wildman–Crippen LogP) is 4.63. The van der Waals surface area contributed by atoms with Crippen LogP contribution in [0.3, 0.4) is 0 Å². The van der Waals surface area contributed by atoms with Crippen molar-refractivity contribution in [3.8, 4) is 0 Å². The largest absolute Gasteiger partial charge is 0.418 e. The molecule has 1 aromatic carbocycles. The molecule has 9 heteroatoms. The van der Waals surface area contributed by atoms with Crippen LogP contribution in [0.15, 0.2) is 36.5 Å². The third-order valence-electron chi connectivity index (χ3n) is 7.07. The van der Waals surface area contributed by atoms with Gasteiger partial charge in [-0.2, -0.15) is 13.2 Å². The first kappa shape index (κ1) is 22.2. The lowest BCUT2D eigenvalue weighted by atomic mass is 9.91. The molecule has 2 aliphatic rings. The minimum absolute atomic E-state index is 0.0976. The summed E-state index contributed by atoms with van der Waals surface area (Å²) in [6.45, 7) is 3.93. The van der Waals surface area contributed by atoms with Gasteiger partial charge in [0.05, 0.1) is 40.1 Å². The summed E-state index contributed by atoms with van der Waals surface area (Å²) in [4.78, 5) is 19.3. The van der Waals surface area contributed by atoms with Crippen LogP contribution in [-0.2, 0) is 6.18 Å². The third kappa shape index (κ3) is 4.19. The zero-order valence-electron chi connectivity index (χ0n) is 18.9. The van der Waals surface area contributed by atoms with Crippen LogP contribution in [0.2, 0.25) is 0 Å². The van der Waals surface area contributed by atoms with Crippen LogP contribution in [0.1, 0.15) is 48.4 Å². The topological polar surface area (TPSA) is 51.3 Å². The van der Waals surface area contributed by atoms with Crippen molar-refractivity contribution in [3.63, 3.8) is 0 Å². The fourth-order valence-corrected chi connectivity index (χ4v) is 5.22. The van der Waals surface area contributed by atoms with Gasteiger partial charge >= 0.3 is 6.18 Å². The molecular formula is C24H29F3N6. The number of para-hydroxylation sites is 1. The number of imidazole rings is 1. The number of hydrogen-bond acceptors (Lipinski definition) is 5. The Labute approximate surface area is 191 Å². The first-order valence-corrected chi connectivity index (χ1v) is 11.5. The molecule has 176 valence electrons. The molecule has 4 heterocycles. The van der Waals surface area contributed by atoms with Crippen LogP contribution in [0, 0.1) is 0 Å². The van der Waals surface area contributed by atoms with Gasteiger partial charge < -0.3 is 14.8 Å². The molecule has 0 amide bonds. The second-order valence-electron chi connectivity index (χ2n) is 9.15. The SMILES string of the molecule is CN1CCN(c2cccc3nc([C@H]4CCC[C@@H](c5ncccc5C(F)(F)F)N4C)[nH]c23)CC1. The molecule has 2 aliphatic heterocycles. The summed E-state index contributed by atoms with van der Waals surface area (Å²) in [7, 11) is 4.02. The Hall–Kier alpha value is -2.65. The van der Waals surface area contributed by atoms with E-state index in [-0.39, 0.29) is 11.7 Å². The lowest BCUT2D eigenvalue weighted by Crippen LogP contribution is -2.44. The van der Waals surface area contributed by atoms with E-state index >= 15 is 0 Å². The molecule has 0 spiro atoms. The molecule has 5 rings (SSSR count). The number of rotatable bonds is 3. The summed E-state index contributed by atoms with van der Waals surface area (Å²) < 4.78 is 41.0. The van der Waals surface area contributed by atoms with E-state index in [9.17, 15) is 13.2 Å². The van der Waals surface area contributed by atoms with Crippen molar-refractivity contribution in [3.05, 3.63) is 53.6 Å². The molecule has 0 saturated carbocycles. The molecule has 2 aromatic heterocycles. The van der Waals surface area contributed by atoms with Crippen LogP contribution >= 0.6 is 0 Å². The van der Waals surface area contributed by atoms with Crippen LogP contribution in [0.4, 0.5) is 18.9 Å². The number of anilines is 1. The average molecular weight is 459 g/mol. The number of aromatic nitrogens is 3. The van der Waals surface area contributed by atoms with E-state index in [4.69, 9.17) is 4.98 Å². The molecule has 0 radical (unpaired) electrons. The molecule has 3 aromatic rings. The van der Waals surface area contributed by atoms with Gasteiger partial charge in [-0.25, -0.2) is 4.98 Å². The maximum absolute atomic E-state index is 13.7. The number of piperazine rings is 1. The molecule has 0 unspecified atom stereocenters. The predicted molar refractivity (Wildman–Crippen MR) is 122 cm³/mol. The summed E-state index contributed by atoms with van der Waals surface area (Å²) >= 11 is 0. The Morgan fingerprint density at radius 3 is 2.48 bits per heavy atom. The van der Waals surface area contributed by atoms with Gasteiger partial charge in [-0.3, -0.25) is 9.88 Å². The first-order chi connectivity index (χ1) is 15.8. The lowest BCUT2D eigenvalue weighted by Gasteiger charge is -2.39.